The highest BCUT2D eigenvalue weighted by atomic mass is 16.2. The van der Waals surface area contributed by atoms with E-state index in [4.69, 9.17) is 0 Å². The molecule has 0 radical (unpaired) electrons. The van der Waals surface area contributed by atoms with E-state index in [2.05, 4.69) is 26.1 Å². The number of hydrogen-bond donors (Lipinski definition) is 1. The number of nitrogens with one attached hydrogen (secondary N) is 1. The maximum Gasteiger partial charge on any atom is 0.257 e. The lowest BCUT2D eigenvalue weighted by Gasteiger charge is -2.39. The first-order chi connectivity index (χ1) is 7.88. The number of carbonyl (C=O) groups is 1. The normalized spacial score (nSPS) is 19.9. The van der Waals surface area contributed by atoms with Crippen LogP contribution >= 0.6 is 0 Å². The number of rotatable bonds is 1. The predicted molar refractivity (Wildman–Crippen MR) is 70.0 cm³/mol. The van der Waals surface area contributed by atoms with Crippen molar-refractivity contribution in [3.63, 3.8) is 0 Å². The van der Waals surface area contributed by atoms with Gasteiger partial charge in [0.2, 0.25) is 0 Å². The molecular weight excluding hydrogens is 212 g/mol. The standard InChI is InChI=1S/C14H20N2O/c1-10-15-12-8-6-5-7-11(12)13(17)16(10)9-14(2,3)4/h5-8,10,15H,9H2,1-4H3. The third kappa shape index (κ3) is 2.43. The Bertz CT molecular complexity index is 434. The fourth-order valence-corrected chi connectivity index (χ4v) is 2.15. The minimum Gasteiger partial charge on any atom is -0.365 e. The summed E-state index contributed by atoms with van der Waals surface area (Å²) in [5.74, 6) is 0.127. The van der Waals surface area contributed by atoms with Gasteiger partial charge < -0.3 is 10.2 Å². The van der Waals surface area contributed by atoms with E-state index in [9.17, 15) is 4.79 Å². The van der Waals surface area contributed by atoms with Crippen molar-refractivity contribution in [3.8, 4) is 0 Å². The zero-order chi connectivity index (χ0) is 12.6. The van der Waals surface area contributed by atoms with Crippen LogP contribution in [0.4, 0.5) is 5.69 Å². The molecular formula is C14H20N2O. The number of amides is 1. The molecule has 17 heavy (non-hydrogen) atoms. The molecule has 1 heterocycles. The van der Waals surface area contributed by atoms with E-state index in [1.807, 2.05) is 36.1 Å². The van der Waals surface area contributed by atoms with E-state index < -0.39 is 0 Å². The van der Waals surface area contributed by atoms with Crippen LogP contribution in [0.25, 0.3) is 0 Å². The largest absolute Gasteiger partial charge is 0.365 e. The minimum atomic E-state index is 0.0524. The summed E-state index contributed by atoms with van der Waals surface area (Å²) in [6, 6.07) is 7.69. The predicted octanol–water partition coefficient (Wildman–Crippen LogP) is 2.95. The van der Waals surface area contributed by atoms with E-state index in [1.54, 1.807) is 0 Å². The van der Waals surface area contributed by atoms with Gasteiger partial charge in [0.15, 0.2) is 0 Å². The summed E-state index contributed by atoms with van der Waals surface area (Å²) in [6.07, 6.45) is 0.0524. The first kappa shape index (κ1) is 12.0. The number of para-hydroxylation sites is 1. The molecule has 1 aromatic rings. The molecule has 92 valence electrons. The summed E-state index contributed by atoms with van der Waals surface area (Å²) in [5, 5.41) is 3.37. The second kappa shape index (κ2) is 4.06. The fraction of sp³-hybridized carbons (Fsp3) is 0.500. The van der Waals surface area contributed by atoms with Crippen LogP contribution in [0.5, 0.6) is 0 Å². The van der Waals surface area contributed by atoms with Gasteiger partial charge in [-0.25, -0.2) is 0 Å². The molecule has 0 aliphatic carbocycles. The number of benzene rings is 1. The highest BCUT2D eigenvalue weighted by Gasteiger charge is 2.31. The zero-order valence-electron chi connectivity index (χ0n) is 10.9. The van der Waals surface area contributed by atoms with Crippen molar-refractivity contribution in [1.29, 1.82) is 0 Å². The van der Waals surface area contributed by atoms with Crippen molar-refractivity contribution >= 4 is 11.6 Å². The molecule has 1 amide bonds. The van der Waals surface area contributed by atoms with Crippen LogP contribution in [0.2, 0.25) is 0 Å². The van der Waals surface area contributed by atoms with E-state index >= 15 is 0 Å². The quantitative estimate of drug-likeness (QED) is 0.807. The van der Waals surface area contributed by atoms with E-state index in [0.29, 0.717) is 0 Å². The lowest BCUT2D eigenvalue weighted by atomic mass is 9.94. The third-order valence-corrected chi connectivity index (χ3v) is 2.89. The van der Waals surface area contributed by atoms with Crippen LogP contribution in [-0.4, -0.2) is 23.5 Å². The SMILES string of the molecule is CC1Nc2ccccc2C(=O)N1CC(C)(C)C. The first-order valence-electron chi connectivity index (χ1n) is 6.05. The van der Waals surface area contributed by atoms with Gasteiger partial charge in [0, 0.05) is 12.2 Å². The Hall–Kier alpha value is -1.51. The Morgan fingerprint density at radius 1 is 1.29 bits per heavy atom. The highest BCUT2D eigenvalue weighted by molar-refractivity contribution is 6.01. The van der Waals surface area contributed by atoms with Gasteiger partial charge >= 0.3 is 0 Å². The fourth-order valence-electron chi connectivity index (χ4n) is 2.15. The third-order valence-electron chi connectivity index (χ3n) is 2.89. The summed E-state index contributed by atoms with van der Waals surface area (Å²) >= 11 is 0. The molecule has 1 atom stereocenters. The Balaban J connectivity index is 2.30. The molecule has 1 aliphatic heterocycles. The molecule has 2 rings (SSSR count). The number of carbonyl (C=O) groups excluding carboxylic acids is 1. The van der Waals surface area contributed by atoms with E-state index in [-0.39, 0.29) is 17.5 Å². The van der Waals surface area contributed by atoms with Crippen molar-refractivity contribution in [3.05, 3.63) is 29.8 Å². The number of anilines is 1. The van der Waals surface area contributed by atoms with Crippen molar-refractivity contribution in [2.75, 3.05) is 11.9 Å². The molecule has 0 spiro atoms. The van der Waals surface area contributed by atoms with Crippen LogP contribution in [0.15, 0.2) is 24.3 Å². The Labute approximate surface area is 103 Å². The number of fused-ring (bicyclic) bond motifs is 1. The van der Waals surface area contributed by atoms with Crippen molar-refractivity contribution < 1.29 is 4.79 Å². The summed E-state index contributed by atoms with van der Waals surface area (Å²) in [5.41, 5.74) is 1.82. The molecule has 1 aromatic carbocycles. The van der Waals surface area contributed by atoms with Gasteiger partial charge in [-0.1, -0.05) is 32.9 Å². The molecule has 1 aliphatic rings. The molecule has 3 nitrogen and oxygen atoms in total. The summed E-state index contributed by atoms with van der Waals surface area (Å²) < 4.78 is 0. The van der Waals surface area contributed by atoms with E-state index in [1.165, 1.54) is 0 Å². The Kier molecular flexibility index (Phi) is 2.86. The number of hydrogen-bond acceptors (Lipinski definition) is 2. The smallest absolute Gasteiger partial charge is 0.257 e. The second-order valence-electron chi connectivity index (χ2n) is 5.86. The monoisotopic (exact) mass is 232 g/mol. The topological polar surface area (TPSA) is 32.3 Å². The molecule has 0 aromatic heterocycles. The van der Waals surface area contributed by atoms with Crippen LogP contribution in [0.1, 0.15) is 38.1 Å². The van der Waals surface area contributed by atoms with Gasteiger partial charge in [-0.05, 0) is 24.5 Å². The molecule has 0 saturated heterocycles. The van der Waals surface area contributed by atoms with Gasteiger partial charge in [0.1, 0.15) is 0 Å². The van der Waals surface area contributed by atoms with Gasteiger partial charge in [0.05, 0.1) is 11.7 Å². The average Bonchev–Trinajstić information content (AvgIpc) is 2.23. The van der Waals surface area contributed by atoms with Crippen LogP contribution < -0.4 is 5.32 Å². The molecule has 0 fully saturated rings. The summed E-state index contributed by atoms with van der Waals surface area (Å²) in [6.45, 7) is 9.22. The van der Waals surface area contributed by atoms with Crippen molar-refractivity contribution in [1.82, 2.24) is 4.90 Å². The molecule has 0 saturated carbocycles. The average molecular weight is 232 g/mol. The highest BCUT2D eigenvalue weighted by Crippen LogP contribution is 2.27. The lowest BCUT2D eigenvalue weighted by Crippen LogP contribution is -2.50. The van der Waals surface area contributed by atoms with Gasteiger partial charge in [-0.2, -0.15) is 0 Å². The maximum atomic E-state index is 12.4. The van der Waals surface area contributed by atoms with Crippen molar-refractivity contribution in [2.24, 2.45) is 5.41 Å². The van der Waals surface area contributed by atoms with Crippen LogP contribution in [0, 0.1) is 5.41 Å². The minimum absolute atomic E-state index is 0.0524. The van der Waals surface area contributed by atoms with Crippen molar-refractivity contribution in [2.45, 2.75) is 33.9 Å². The first-order valence-corrected chi connectivity index (χ1v) is 6.05. The van der Waals surface area contributed by atoms with Gasteiger partial charge in [-0.3, -0.25) is 4.79 Å². The van der Waals surface area contributed by atoms with E-state index in [0.717, 1.165) is 17.8 Å². The van der Waals surface area contributed by atoms with Crippen LogP contribution in [0.3, 0.4) is 0 Å². The summed E-state index contributed by atoms with van der Waals surface area (Å²) in [7, 11) is 0. The van der Waals surface area contributed by atoms with Gasteiger partial charge in [-0.15, -0.1) is 0 Å². The molecule has 1 N–H and O–H groups in total. The van der Waals surface area contributed by atoms with Crippen LogP contribution in [-0.2, 0) is 0 Å². The second-order valence-corrected chi connectivity index (χ2v) is 5.86. The molecule has 3 heteroatoms. The Morgan fingerprint density at radius 2 is 1.94 bits per heavy atom. The summed E-state index contributed by atoms with van der Waals surface area (Å²) in [4.78, 5) is 14.3. The molecule has 0 bridgehead atoms. The van der Waals surface area contributed by atoms with Gasteiger partial charge in [0.25, 0.3) is 5.91 Å². The Morgan fingerprint density at radius 3 is 2.59 bits per heavy atom. The lowest BCUT2D eigenvalue weighted by molar-refractivity contribution is 0.0625. The zero-order valence-corrected chi connectivity index (χ0v) is 10.9. The molecule has 1 unspecified atom stereocenters. The maximum absolute atomic E-state index is 12.4. The number of nitrogens with zero attached hydrogens (tertiary/aromatic N) is 1.